The van der Waals surface area contributed by atoms with Crippen molar-refractivity contribution < 1.29 is 19.1 Å². The number of aryl methyl sites for hydroxylation is 1. The van der Waals surface area contributed by atoms with Gasteiger partial charge in [-0.15, -0.1) is 6.58 Å². The maximum atomic E-state index is 12.6. The third-order valence-electron chi connectivity index (χ3n) is 5.77. The molecule has 0 N–H and O–H groups in total. The van der Waals surface area contributed by atoms with Crippen molar-refractivity contribution in [2.24, 2.45) is 5.92 Å². The molecule has 2 heterocycles. The highest BCUT2D eigenvalue weighted by Gasteiger charge is 2.38. The molecule has 0 aliphatic carbocycles. The van der Waals surface area contributed by atoms with Crippen molar-refractivity contribution in [2.45, 2.75) is 39.8 Å². The number of allylic oxidation sites excluding steroid dienone is 1. The maximum Gasteiger partial charge on any atom is 0.311 e. The van der Waals surface area contributed by atoms with Crippen LogP contribution < -0.4 is 0 Å². The van der Waals surface area contributed by atoms with Crippen molar-refractivity contribution in [1.29, 1.82) is 0 Å². The number of ether oxygens (including phenoxy) is 1. The van der Waals surface area contributed by atoms with Crippen molar-refractivity contribution in [3.8, 4) is 0 Å². The second-order valence-corrected chi connectivity index (χ2v) is 7.75. The summed E-state index contributed by atoms with van der Waals surface area (Å²) in [5.41, 5.74) is 3.34. The molecule has 2 atom stereocenters. The lowest BCUT2D eigenvalue weighted by atomic mass is 10.1. The maximum absolute atomic E-state index is 12.6. The topological polar surface area (TPSA) is 68.6 Å². The Balaban J connectivity index is 1.59. The first-order chi connectivity index (χ1) is 14.3. The van der Waals surface area contributed by atoms with Gasteiger partial charge in [0.2, 0.25) is 11.7 Å². The third-order valence-corrected chi connectivity index (χ3v) is 5.77. The van der Waals surface area contributed by atoms with E-state index in [1.807, 2.05) is 55.7 Å². The Morgan fingerprint density at radius 1 is 1.27 bits per heavy atom. The first-order valence-corrected chi connectivity index (χ1v) is 10.1. The van der Waals surface area contributed by atoms with Crippen LogP contribution in [-0.4, -0.2) is 40.3 Å². The van der Waals surface area contributed by atoms with Gasteiger partial charge in [-0.3, -0.25) is 14.4 Å². The second kappa shape index (κ2) is 9.11. The molecule has 1 saturated heterocycles. The standard InChI is InChI=1S/C24H28N2O4/c1-5-11-25-16(2)12-21(18(25)4)22(27)15-30-24(29)20-13-23(28)26(14-20)17(3)19-9-7-6-8-10-19/h5-10,12,17,20H,1,11,13-15H2,2-4H3/t17-,20+/m1/s1. The quantitative estimate of drug-likeness (QED) is 0.380. The molecule has 1 fully saturated rings. The molecular formula is C24H28N2O4. The summed E-state index contributed by atoms with van der Waals surface area (Å²) < 4.78 is 7.28. The molecule has 158 valence electrons. The minimum atomic E-state index is -0.551. The molecule has 1 aliphatic heterocycles. The number of aromatic nitrogens is 1. The molecule has 0 spiro atoms. The molecule has 6 heteroatoms. The molecule has 0 saturated carbocycles. The zero-order valence-corrected chi connectivity index (χ0v) is 17.8. The summed E-state index contributed by atoms with van der Waals surface area (Å²) in [6, 6.07) is 11.4. The Kier molecular flexibility index (Phi) is 6.55. The van der Waals surface area contributed by atoms with Crippen LogP contribution in [0.5, 0.6) is 0 Å². The third kappa shape index (κ3) is 4.37. The minimum absolute atomic E-state index is 0.0763. The summed E-state index contributed by atoms with van der Waals surface area (Å²) in [7, 11) is 0. The summed E-state index contributed by atoms with van der Waals surface area (Å²) in [4.78, 5) is 39.3. The monoisotopic (exact) mass is 408 g/mol. The van der Waals surface area contributed by atoms with Gasteiger partial charge < -0.3 is 14.2 Å². The van der Waals surface area contributed by atoms with Crippen LogP contribution in [0.15, 0.2) is 49.1 Å². The molecule has 2 aromatic rings. The lowest BCUT2D eigenvalue weighted by Gasteiger charge is -2.25. The average Bonchev–Trinajstić information content (AvgIpc) is 3.27. The number of nitrogens with zero attached hydrogens (tertiary/aromatic N) is 2. The molecule has 30 heavy (non-hydrogen) atoms. The van der Waals surface area contributed by atoms with E-state index in [-0.39, 0.29) is 30.8 Å². The Morgan fingerprint density at radius 3 is 2.63 bits per heavy atom. The van der Waals surface area contributed by atoms with Crippen molar-refractivity contribution in [3.63, 3.8) is 0 Å². The predicted molar refractivity (Wildman–Crippen MR) is 114 cm³/mol. The summed E-state index contributed by atoms with van der Waals surface area (Å²) in [5, 5.41) is 0. The summed E-state index contributed by atoms with van der Waals surface area (Å²) >= 11 is 0. The van der Waals surface area contributed by atoms with E-state index in [9.17, 15) is 14.4 Å². The number of likely N-dealkylation sites (tertiary alicyclic amines) is 1. The van der Waals surface area contributed by atoms with Gasteiger partial charge >= 0.3 is 5.97 Å². The van der Waals surface area contributed by atoms with Gasteiger partial charge in [0, 0.05) is 36.5 Å². The van der Waals surface area contributed by atoms with E-state index >= 15 is 0 Å². The Labute approximate surface area is 177 Å². The van der Waals surface area contributed by atoms with Crippen LogP contribution in [0.2, 0.25) is 0 Å². The van der Waals surface area contributed by atoms with Crippen LogP contribution in [0.3, 0.4) is 0 Å². The number of Topliss-reactive ketones (excluding diaryl/α,β-unsaturated/α-hetero) is 1. The lowest BCUT2D eigenvalue weighted by Crippen LogP contribution is -2.30. The number of esters is 1. The van der Waals surface area contributed by atoms with E-state index in [4.69, 9.17) is 4.74 Å². The molecule has 6 nitrogen and oxygen atoms in total. The number of rotatable bonds is 8. The van der Waals surface area contributed by atoms with Crippen LogP contribution in [0, 0.1) is 19.8 Å². The van der Waals surface area contributed by atoms with Gasteiger partial charge in [0.05, 0.1) is 12.0 Å². The normalized spacial score (nSPS) is 17.1. The smallest absolute Gasteiger partial charge is 0.311 e. The molecule has 3 rings (SSSR count). The number of ketones is 1. The highest BCUT2D eigenvalue weighted by Crippen LogP contribution is 2.29. The minimum Gasteiger partial charge on any atom is -0.457 e. The number of hydrogen-bond acceptors (Lipinski definition) is 4. The van der Waals surface area contributed by atoms with Crippen LogP contribution >= 0.6 is 0 Å². The first kappa shape index (κ1) is 21.6. The number of amides is 1. The van der Waals surface area contributed by atoms with E-state index in [2.05, 4.69) is 6.58 Å². The summed E-state index contributed by atoms with van der Waals surface area (Å²) in [6.07, 6.45) is 1.88. The predicted octanol–water partition coefficient (Wildman–Crippen LogP) is 3.63. The lowest BCUT2D eigenvalue weighted by molar-refractivity contribution is -0.147. The Bertz CT molecular complexity index is 961. The molecule has 0 unspecified atom stereocenters. The summed E-state index contributed by atoms with van der Waals surface area (Å²) in [5.74, 6) is -1.37. The average molecular weight is 408 g/mol. The zero-order valence-electron chi connectivity index (χ0n) is 17.8. The van der Waals surface area contributed by atoms with Crippen molar-refractivity contribution >= 4 is 17.7 Å². The van der Waals surface area contributed by atoms with Crippen molar-refractivity contribution in [3.05, 3.63) is 71.6 Å². The second-order valence-electron chi connectivity index (χ2n) is 7.75. The van der Waals surface area contributed by atoms with Gasteiger partial charge in [-0.25, -0.2) is 0 Å². The molecule has 1 aromatic heterocycles. The zero-order chi connectivity index (χ0) is 21.8. The Morgan fingerprint density at radius 2 is 1.97 bits per heavy atom. The molecule has 0 radical (unpaired) electrons. The van der Waals surface area contributed by atoms with Gasteiger partial charge in [-0.2, -0.15) is 0 Å². The molecule has 1 aromatic carbocycles. The van der Waals surface area contributed by atoms with Crippen LogP contribution in [-0.2, 0) is 20.9 Å². The van der Waals surface area contributed by atoms with E-state index in [0.717, 1.165) is 17.0 Å². The molecule has 0 bridgehead atoms. The van der Waals surface area contributed by atoms with Gasteiger partial charge in [0.1, 0.15) is 0 Å². The van der Waals surface area contributed by atoms with E-state index in [1.165, 1.54) is 0 Å². The largest absolute Gasteiger partial charge is 0.457 e. The van der Waals surface area contributed by atoms with Gasteiger partial charge in [0.25, 0.3) is 0 Å². The highest BCUT2D eigenvalue weighted by atomic mass is 16.5. The van der Waals surface area contributed by atoms with E-state index < -0.39 is 11.9 Å². The van der Waals surface area contributed by atoms with E-state index in [0.29, 0.717) is 18.7 Å². The van der Waals surface area contributed by atoms with Gasteiger partial charge in [-0.1, -0.05) is 36.4 Å². The summed E-state index contributed by atoms with van der Waals surface area (Å²) in [6.45, 7) is 10.1. The molecular weight excluding hydrogens is 380 g/mol. The first-order valence-electron chi connectivity index (χ1n) is 10.1. The van der Waals surface area contributed by atoms with Crippen molar-refractivity contribution in [2.75, 3.05) is 13.2 Å². The molecule has 1 aliphatic rings. The van der Waals surface area contributed by atoms with Crippen LogP contribution in [0.25, 0.3) is 0 Å². The van der Waals surface area contributed by atoms with Crippen LogP contribution in [0.4, 0.5) is 0 Å². The molecule has 1 amide bonds. The van der Waals surface area contributed by atoms with Gasteiger partial charge in [-0.05, 0) is 32.4 Å². The van der Waals surface area contributed by atoms with Crippen LogP contribution in [0.1, 0.15) is 46.7 Å². The Hall–Kier alpha value is -3.15. The fraction of sp³-hybridized carbons (Fsp3) is 0.375. The SMILES string of the molecule is C=CCn1c(C)cc(C(=O)COC(=O)[C@H]2CC(=O)N([C@H](C)c3ccccc3)C2)c1C. The van der Waals surface area contributed by atoms with E-state index in [1.54, 1.807) is 17.0 Å². The fourth-order valence-electron chi connectivity index (χ4n) is 4.00. The van der Waals surface area contributed by atoms with Crippen molar-refractivity contribution in [1.82, 2.24) is 9.47 Å². The fourth-order valence-corrected chi connectivity index (χ4v) is 4.00. The number of carbonyl (C=O) groups excluding carboxylic acids is 3. The number of hydrogen-bond donors (Lipinski definition) is 0. The number of benzene rings is 1. The van der Waals surface area contributed by atoms with Gasteiger partial charge in [0.15, 0.2) is 6.61 Å². The highest BCUT2D eigenvalue weighted by molar-refractivity contribution is 5.99. The number of carbonyl (C=O) groups is 3.